The van der Waals surface area contributed by atoms with Gasteiger partial charge < -0.3 is 15.0 Å². The number of likely N-dealkylation sites (tertiary alicyclic amines) is 1. The molecule has 1 aliphatic rings. The van der Waals surface area contributed by atoms with Crippen LogP contribution in [-0.4, -0.2) is 62.9 Å². The van der Waals surface area contributed by atoms with Crippen molar-refractivity contribution in [3.63, 3.8) is 0 Å². The van der Waals surface area contributed by atoms with Crippen LogP contribution < -0.4 is 10.1 Å². The normalized spacial score (nSPS) is 16.0. The summed E-state index contributed by atoms with van der Waals surface area (Å²) >= 11 is 6.17. The van der Waals surface area contributed by atoms with E-state index in [-0.39, 0.29) is 18.1 Å². The minimum Gasteiger partial charge on any atom is -0.493 e. The second kappa shape index (κ2) is 10.5. The number of piperidine rings is 1. The second-order valence-electron chi connectivity index (χ2n) is 8.37. The molecule has 1 saturated heterocycles. The number of halogens is 6. The first kappa shape index (κ1) is 25.4. The van der Waals surface area contributed by atoms with Gasteiger partial charge in [0.1, 0.15) is 40.7 Å². The van der Waals surface area contributed by atoms with Crippen LogP contribution in [0.4, 0.5) is 27.8 Å². The Morgan fingerprint density at radius 2 is 1.80 bits per heavy atom. The molecule has 2 aromatic heterocycles. The zero-order chi connectivity index (χ0) is 25.2. The van der Waals surface area contributed by atoms with E-state index in [4.69, 9.17) is 16.3 Å². The van der Waals surface area contributed by atoms with Crippen molar-refractivity contribution < 1.29 is 26.7 Å². The minimum absolute atomic E-state index is 0.0357. The Labute approximate surface area is 203 Å². The Bertz CT molecular complexity index is 1160. The predicted molar refractivity (Wildman–Crippen MR) is 121 cm³/mol. The van der Waals surface area contributed by atoms with Crippen LogP contribution in [0.2, 0.25) is 5.15 Å². The number of hydrogen-bond donors (Lipinski definition) is 1. The van der Waals surface area contributed by atoms with Crippen LogP contribution in [0.15, 0.2) is 18.5 Å². The van der Waals surface area contributed by atoms with E-state index in [2.05, 4.69) is 25.3 Å². The van der Waals surface area contributed by atoms with Crippen LogP contribution in [0.3, 0.4) is 0 Å². The van der Waals surface area contributed by atoms with Gasteiger partial charge in [0.2, 0.25) is 0 Å². The number of nitrogens with zero attached hydrogens (tertiary/aromatic N) is 5. The van der Waals surface area contributed by atoms with Gasteiger partial charge in [-0.1, -0.05) is 18.0 Å². The van der Waals surface area contributed by atoms with E-state index in [9.17, 15) is 13.2 Å². The number of benzene rings is 1. The van der Waals surface area contributed by atoms with Crippen molar-refractivity contribution in [2.24, 2.45) is 0 Å². The molecule has 0 amide bonds. The Morgan fingerprint density at radius 3 is 2.46 bits per heavy atom. The number of nitrogens with one attached hydrogen (secondary N) is 1. The lowest BCUT2D eigenvalue weighted by atomic mass is 10.1. The Kier molecular flexibility index (Phi) is 7.60. The van der Waals surface area contributed by atoms with Crippen LogP contribution in [0.5, 0.6) is 5.75 Å². The quantitative estimate of drug-likeness (QED) is 0.247. The molecule has 3 heterocycles. The van der Waals surface area contributed by atoms with Crippen molar-refractivity contribution in [3.8, 4) is 16.9 Å². The topological polar surface area (TPSA) is 67.6 Å². The summed E-state index contributed by atoms with van der Waals surface area (Å²) in [5, 5.41) is 5.60. The van der Waals surface area contributed by atoms with Crippen LogP contribution in [0.1, 0.15) is 32.6 Å². The van der Waals surface area contributed by atoms with Gasteiger partial charge >= 0.3 is 6.18 Å². The zero-order valence-corrected chi connectivity index (χ0v) is 19.6. The summed E-state index contributed by atoms with van der Waals surface area (Å²) in [5.74, 6) is -2.70. The zero-order valence-electron chi connectivity index (χ0n) is 18.9. The third-order valence-electron chi connectivity index (χ3n) is 5.83. The van der Waals surface area contributed by atoms with E-state index < -0.39 is 46.0 Å². The second-order valence-corrected chi connectivity index (χ2v) is 8.73. The molecule has 0 aliphatic carbocycles. The third kappa shape index (κ3) is 5.75. The number of fused-ring (bicyclic) bond motifs is 1. The van der Waals surface area contributed by atoms with E-state index in [1.807, 2.05) is 0 Å². The first-order chi connectivity index (χ1) is 16.6. The number of hydrogen-bond acceptors (Lipinski definition) is 6. The van der Waals surface area contributed by atoms with Crippen molar-refractivity contribution in [1.29, 1.82) is 0 Å². The van der Waals surface area contributed by atoms with Gasteiger partial charge in [-0.25, -0.2) is 8.78 Å². The molecule has 0 bridgehead atoms. The summed E-state index contributed by atoms with van der Waals surface area (Å²) in [7, 11) is 0. The molecule has 0 radical (unpaired) electrons. The number of anilines is 1. The molecule has 1 aromatic carbocycles. The van der Waals surface area contributed by atoms with Gasteiger partial charge in [0.05, 0.1) is 17.7 Å². The lowest BCUT2D eigenvalue weighted by Crippen LogP contribution is -2.34. The first-order valence-electron chi connectivity index (χ1n) is 11.2. The average molecular weight is 519 g/mol. The van der Waals surface area contributed by atoms with Crippen LogP contribution >= 0.6 is 11.6 Å². The fraction of sp³-hybridized carbons (Fsp3) is 0.500. The largest absolute Gasteiger partial charge is 0.493 e. The molecular weight excluding hydrogens is 495 g/mol. The highest BCUT2D eigenvalue weighted by atomic mass is 35.5. The Balaban J connectivity index is 1.60. The predicted octanol–water partition coefficient (Wildman–Crippen LogP) is 5.34. The van der Waals surface area contributed by atoms with Gasteiger partial charge in [-0.3, -0.25) is 0 Å². The molecule has 0 spiro atoms. The smallest absolute Gasteiger partial charge is 0.408 e. The third-order valence-corrected chi connectivity index (χ3v) is 6.10. The number of rotatable bonds is 8. The van der Waals surface area contributed by atoms with Crippen molar-refractivity contribution >= 4 is 23.2 Å². The summed E-state index contributed by atoms with van der Waals surface area (Å²) in [6.07, 6.45) is 0.632. The number of alkyl halides is 3. The van der Waals surface area contributed by atoms with Crippen LogP contribution in [0, 0.1) is 11.6 Å². The highest BCUT2D eigenvalue weighted by molar-refractivity contribution is 6.33. The van der Waals surface area contributed by atoms with Gasteiger partial charge in [0.15, 0.2) is 0 Å². The van der Waals surface area contributed by atoms with Crippen molar-refractivity contribution in [2.45, 2.75) is 44.8 Å². The molecule has 1 aliphatic heterocycles. The van der Waals surface area contributed by atoms with Crippen LogP contribution in [0.25, 0.3) is 16.9 Å². The molecular formula is C22H24ClF5N6O. The molecule has 1 fully saturated rings. The summed E-state index contributed by atoms with van der Waals surface area (Å²) in [6.45, 7) is 4.01. The van der Waals surface area contributed by atoms with E-state index in [1.165, 1.54) is 6.42 Å². The van der Waals surface area contributed by atoms with Gasteiger partial charge in [0.25, 0.3) is 5.78 Å². The standard InChI is InChI=1S/C22H24ClF5N6O/c1-13(22(26,27)28)31-20-18(19(23)32-21-29-12-30-34(20)21)17-15(24)10-14(11-16(17)25)35-9-5-8-33-6-3-2-4-7-33/h10-13,31H,2-9H2,1H3/t13-/m0/s1. The maximum absolute atomic E-state index is 15.1. The van der Waals surface area contributed by atoms with Crippen molar-refractivity contribution in [1.82, 2.24) is 24.5 Å². The molecule has 3 aromatic rings. The molecule has 1 atom stereocenters. The van der Waals surface area contributed by atoms with E-state index >= 15 is 8.78 Å². The monoisotopic (exact) mass is 518 g/mol. The molecule has 7 nitrogen and oxygen atoms in total. The summed E-state index contributed by atoms with van der Waals surface area (Å²) in [6, 6.07) is -0.142. The fourth-order valence-electron chi connectivity index (χ4n) is 3.99. The number of aromatic nitrogens is 4. The van der Waals surface area contributed by atoms with E-state index in [0.29, 0.717) is 6.42 Å². The molecule has 190 valence electrons. The summed E-state index contributed by atoms with van der Waals surface area (Å²) in [4.78, 5) is 10.0. The molecule has 4 rings (SSSR count). The lowest BCUT2D eigenvalue weighted by molar-refractivity contribution is -0.138. The van der Waals surface area contributed by atoms with Gasteiger partial charge in [-0.05, 0) is 39.3 Å². The van der Waals surface area contributed by atoms with Crippen molar-refractivity contribution in [3.05, 3.63) is 35.2 Å². The lowest BCUT2D eigenvalue weighted by Gasteiger charge is -2.26. The number of ether oxygens (including phenoxy) is 1. The molecule has 0 saturated carbocycles. The first-order valence-corrected chi connectivity index (χ1v) is 11.6. The fourth-order valence-corrected chi connectivity index (χ4v) is 4.25. The molecule has 35 heavy (non-hydrogen) atoms. The summed E-state index contributed by atoms with van der Waals surface area (Å²) in [5.41, 5.74) is -1.06. The van der Waals surface area contributed by atoms with Gasteiger partial charge in [-0.15, -0.1) is 0 Å². The molecule has 0 unspecified atom stereocenters. The molecule has 13 heteroatoms. The molecule has 1 N–H and O–H groups in total. The average Bonchev–Trinajstić information content (AvgIpc) is 3.26. The maximum atomic E-state index is 15.1. The highest BCUT2D eigenvalue weighted by Crippen LogP contribution is 2.39. The van der Waals surface area contributed by atoms with Crippen LogP contribution in [-0.2, 0) is 0 Å². The Morgan fingerprint density at radius 1 is 1.11 bits per heavy atom. The van der Waals surface area contributed by atoms with E-state index in [1.54, 1.807) is 0 Å². The van der Waals surface area contributed by atoms with Crippen molar-refractivity contribution in [2.75, 3.05) is 31.6 Å². The minimum atomic E-state index is -4.65. The van der Waals surface area contributed by atoms with E-state index in [0.717, 1.165) is 62.4 Å². The highest BCUT2D eigenvalue weighted by Gasteiger charge is 2.37. The van der Waals surface area contributed by atoms with Gasteiger partial charge in [-0.2, -0.15) is 32.8 Å². The van der Waals surface area contributed by atoms with Gasteiger partial charge in [0, 0.05) is 18.7 Å². The summed E-state index contributed by atoms with van der Waals surface area (Å²) < 4.78 is 76.5. The SMILES string of the molecule is C[C@H](Nc1c(-c2c(F)cc(OCCCN3CCCCC3)cc2F)c(Cl)nc2ncnn12)C(F)(F)F. The maximum Gasteiger partial charge on any atom is 0.408 e. The Hall–Kier alpha value is -2.73.